The molecule has 21 heavy (non-hydrogen) atoms. The van der Waals surface area contributed by atoms with Gasteiger partial charge < -0.3 is 15.2 Å². The van der Waals surface area contributed by atoms with Gasteiger partial charge in [0.05, 0.1) is 25.6 Å². The number of nitrogens with one attached hydrogen (secondary N) is 1. The molecule has 0 saturated carbocycles. The molecule has 7 nitrogen and oxygen atoms in total. The van der Waals surface area contributed by atoms with Crippen molar-refractivity contribution in [2.75, 3.05) is 19.0 Å². The van der Waals surface area contributed by atoms with Gasteiger partial charge in [-0.1, -0.05) is 13.8 Å². The number of carbonyl (C=O) groups excluding carboxylic acids is 1. The summed E-state index contributed by atoms with van der Waals surface area (Å²) in [6.45, 7) is 3.80. The maximum absolute atomic E-state index is 12.1. The number of aromatic nitrogens is 2. The van der Waals surface area contributed by atoms with Gasteiger partial charge in [-0.2, -0.15) is 5.10 Å². The predicted octanol–water partition coefficient (Wildman–Crippen LogP) is 0.998. The van der Waals surface area contributed by atoms with E-state index < -0.39 is 11.5 Å². The van der Waals surface area contributed by atoms with E-state index in [4.69, 9.17) is 0 Å². The van der Waals surface area contributed by atoms with Gasteiger partial charge in [0, 0.05) is 6.04 Å². The Morgan fingerprint density at radius 2 is 2.24 bits per heavy atom. The molecule has 8 heteroatoms. The second-order valence-electron chi connectivity index (χ2n) is 5.06. The van der Waals surface area contributed by atoms with E-state index in [-0.39, 0.29) is 23.7 Å². The molecule has 0 amide bonds. The number of hydrogen-bond donors (Lipinski definition) is 2. The molecule has 0 aliphatic carbocycles. The number of hydrogen-bond acceptors (Lipinski definition) is 6. The van der Waals surface area contributed by atoms with Gasteiger partial charge in [-0.05, 0) is 28.3 Å². The van der Waals surface area contributed by atoms with Crippen LogP contribution in [-0.4, -0.2) is 40.6 Å². The lowest BCUT2D eigenvalue weighted by molar-refractivity contribution is -0.141. The standard InChI is InChI=1S/C13H20BrN3O4/c1-8(2)4-9(7-18)16-10-5-15-17(6-11(19)21-3)13(20)12(10)14/h5,8-9,16,18H,4,6-7H2,1-3H3. The van der Waals surface area contributed by atoms with Gasteiger partial charge in [0.15, 0.2) is 0 Å². The number of esters is 1. The number of rotatable bonds is 7. The maximum atomic E-state index is 12.1. The van der Waals surface area contributed by atoms with Crippen molar-refractivity contribution < 1.29 is 14.6 Å². The highest BCUT2D eigenvalue weighted by Gasteiger charge is 2.15. The Labute approximate surface area is 131 Å². The zero-order valence-electron chi connectivity index (χ0n) is 12.3. The number of nitrogens with zero attached hydrogens (tertiary/aromatic N) is 2. The quantitative estimate of drug-likeness (QED) is 0.703. The minimum absolute atomic E-state index is 0.0458. The average molecular weight is 362 g/mol. The van der Waals surface area contributed by atoms with E-state index in [9.17, 15) is 14.7 Å². The molecular weight excluding hydrogens is 342 g/mol. The summed E-state index contributed by atoms with van der Waals surface area (Å²) in [7, 11) is 1.25. The molecule has 0 aromatic carbocycles. The second kappa shape index (κ2) is 8.14. The molecular formula is C13H20BrN3O4. The normalized spacial score (nSPS) is 12.3. The van der Waals surface area contributed by atoms with Crippen molar-refractivity contribution in [3.8, 4) is 0 Å². The molecule has 0 radical (unpaired) electrons. The molecule has 1 heterocycles. The molecule has 1 rings (SSSR count). The number of anilines is 1. The number of carbonyl (C=O) groups is 1. The fourth-order valence-electron chi connectivity index (χ4n) is 1.83. The van der Waals surface area contributed by atoms with Gasteiger partial charge in [-0.15, -0.1) is 0 Å². The number of aliphatic hydroxyl groups is 1. The molecule has 0 aliphatic rings. The van der Waals surface area contributed by atoms with Gasteiger partial charge >= 0.3 is 5.97 Å². The molecule has 0 bridgehead atoms. The summed E-state index contributed by atoms with van der Waals surface area (Å²) in [6, 6.07) is -0.168. The van der Waals surface area contributed by atoms with E-state index in [1.165, 1.54) is 13.3 Å². The lowest BCUT2D eigenvalue weighted by Crippen LogP contribution is -2.31. The number of methoxy groups -OCH3 is 1. The first-order chi connectivity index (χ1) is 9.88. The Hall–Kier alpha value is -1.41. The lowest BCUT2D eigenvalue weighted by atomic mass is 10.0. The SMILES string of the molecule is COC(=O)Cn1ncc(NC(CO)CC(C)C)c(Br)c1=O. The molecule has 0 spiro atoms. The third-order valence-corrected chi connectivity index (χ3v) is 3.59. The smallest absolute Gasteiger partial charge is 0.327 e. The van der Waals surface area contributed by atoms with Gasteiger partial charge in [-0.3, -0.25) is 9.59 Å². The van der Waals surface area contributed by atoms with Crippen LogP contribution in [0.1, 0.15) is 20.3 Å². The van der Waals surface area contributed by atoms with E-state index in [0.717, 1.165) is 11.1 Å². The Morgan fingerprint density at radius 3 is 2.76 bits per heavy atom. The highest BCUT2D eigenvalue weighted by Crippen LogP contribution is 2.19. The summed E-state index contributed by atoms with van der Waals surface area (Å²) in [5.41, 5.74) is 0.0486. The average Bonchev–Trinajstić information content (AvgIpc) is 2.45. The molecule has 1 aromatic heterocycles. The minimum Gasteiger partial charge on any atom is -0.468 e. The molecule has 0 aliphatic heterocycles. The van der Waals surface area contributed by atoms with Crippen molar-refractivity contribution in [2.24, 2.45) is 5.92 Å². The Kier molecular flexibility index (Phi) is 6.83. The van der Waals surface area contributed by atoms with Crippen LogP contribution in [-0.2, 0) is 16.1 Å². The van der Waals surface area contributed by atoms with Crippen LogP contribution in [0, 0.1) is 5.92 Å². The van der Waals surface area contributed by atoms with Crippen molar-refractivity contribution >= 4 is 27.6 Å². The predicted molar refractivity (Wildman–Crippen MR) is 82.2 cm³/mol. The lowest BCUT2D eigenvalue weighted by Gasteiger charge is -2.20. The van der Waals surface area contributed by atoms with Crippen molar-refractivity contribution in [3.63, 3.8) is 0 Å². The molecule has 0 fully saturated rings. The molecule has 1 aromatic rings. The first-order valence-electron chi connectivity index (χ1n) is 6.58. The molecule has 0 saturated heterocycles. The number of halogens is 1. The van der Waals surface area contributed by atoms with Gasteiger partial charge in [-0.25, -0.2) is 4.68 Å². The fraction of sp³-hybridized carbons (Fsp3) is 0.615. The van der Waals surface area contributed by atoms with Crippen LogP contribution in [0.3, 0.4) is 0 Å². The largest absolute Gasteiger partial charge is 0.468 e. The highest BCUT2D eigenvalue weighted by atomic mass is 79.9. The Bertz CT molecular complexity index is 545. The zero-order chi connectivity index (χ0) is 16.0. The summed E-state index contributed by atoms with van der Waals surface area (Å²) in [5.74, 6) is -0.147. The first kappa shape index (κ1) is 17.6. The van der Waals surface area contributed by atoms with Gasteiger partial charge in [0.1, 0.15) is 11.0 Å². The van der Waals surface area contributed by atoms with E-state index in [1.54, 1.807) is 0 Å². The Morgan fingerprint density at radius 1 is 1.57 bits per heavy atom. The highest BCUT2D eigenvalue weighted by molar-refractivity contribution is 9.10. The van der Waals surface area contributed by atoms with E-state index in [1.807, 2.05) is 13.8 Å². The second-order valence-corrected chi connectivity index (χ2v) is 5.86. The van der Waals surface area contributed by atoms with E-state index >= 15 is 0 Å². The van der Waals surface area contributed by atoms with Crippen LogP contribution in [0.5, 0.6) is 0 Å². The molecule has 2 N–H and O–H groups in total. The summed E-state index contributed by atoms with van der Waals surface area (Å²) in [5, 5.41) is 16.4. The molecule has 1 unspecified atom stereocenters. The van der Waals surface area contributed by atoms with Gasteiger partial charge in [0.2, 0.25) is 0 Å². The van der Waals surface area contributed by atoms with Crippen LogP contribution < -0.4 is 10.9 Å². The van der Waals surface area contributed by atoms with Crippen molar-refractivity contribution in [1.82, 2.24) is 9.78 Å². The van der Waals surface area contributed by atoms with Crippen molar-refractivity contribution in [2.45, 2.75) is 32.9 Å². The Balaban J connectivity index is 2.93. The van der Waals surface area contributed by atoms with E-state index in [0.29, 0.717) is 11.6 Å². The summed E-state index contributed by atoms with van der Waals surface area (Å²) in [6.07, 6.45) is 2.20. The van der Waals surface area contributed by atoms with Gasteiger partial charge in [0.25, 0.3) is 5.56 Å². The van der Waals surface area contributed by atoms with E-state index in [2.05, 4.69) is 31.1 Å². The zero-order valence-corrected chi connectivity index (χ0v) is 13.9. The number of aliphatic hydroxyl groups excluding tert-OH is 1. The third-order valence-electron chi connectivity index (χ3n) is 2.83. The summed E-state index contributed by atoms with van der Waals surface area (Å²) < 4.78 is 5.78. The monoisotopic (exact) mass is 361 g/mol. The van der Waals surface area contributed by atoms with Crippen LogP contribution in [0.4, 0.5) is 5.69 Å². The fourth-order valence-corrected chi connectivity index (χ4v) is 2.25. The summed E-state index contributed by atoms with van der Waals surface area (Å²) >= 11 is 3.20. The van der Waals surface area contributed by atoms with Crippen LogP contribution in [0.25, 0.3) is 0 Å². The third kappa shape index (κ3) is 5.13. The minimum atomic E-state index is -0.551. The van der Waals surface area contributed by atoms with Crippen molar-refractivity contribution in [1.29, 1.82) is 0 Å². The van der Waals surface area contributed by atoms with Crippen LogP contribution >= 0.6 is 15.9 Å². The van der Waals surface area contributed by atoms with Crippen LogP contribution in [0.15, 0.2) is 15.5 Å². The van der Waals surface area contributed by atoms with Crippen molar-refractivity contribution in [3.05, 3.63) is 21.0 Å². The topological polar surface area (TPSA) is 93.5 Å². The maximum Gasteiger partial charge on any atom is 0.327 e. The molecule has 118 valence electrons. The number of ether oxygens (including phenoxy) is 1. The van der Waals surface area contributed by atoms with Crippen LogP contribution in [0.2, 0.25) is 0 Å². The summed E-state index contributed by atoms with van der Waals surface area (Å²) in [4.78, 5) is 23.3. The first-order valence-corrected chi connectivity index (χ1v) is 7.38. The molecule has 1 atom stereocenters.